The van der Waals surface area contributed by atoms with Crippen LogP contribution in [-0.4, -0.2) is 11.7 Å². The predicted octanol–water partition coefficient (Wildman–Crippen LogP) is 1.72. The zero-order valence-corrected chi connectivity index (χ0v) is 8.50. The van der Waals surface area contributed by atoms with Gasteiger partial charge >= 0.3 is 0 Å². The van der Waals surface area contributed by atoms with Gasteiger partial charge in [0.2, 0.25) is 5.91 Å². The molecule has 0 radical (unpaired) electrons. The SMILES string of the molecule is CC(=O)Nc1cc(C(C)=O)ccc1C#N. The topological polar surface area (TPSA) is 70.0 Å². The van der Waals surface area contributed by atoms with Crippen molar-refractivity contribution < 1.29 is 9.59 Å². The van der Waals surface area contributed by atoms with E-state index in [0.717, 1.165) is 0 Å². The molecule has 76 valence electrons. The Kier molecular flexibility index (Phi) is 3.19. The molecule has 4 nitrogen and oxygen atoms in total. The minimum Gasteiger partial charge on any atom is -0.325 e. The van der Waals surface area contributed by atoms with Gasteiger partial charge in [-0.15, -0.1) is 0 Å². The highest BCUT2D eigenvalue weighted by Crippen LogP contribution is 2.17. The zero-order valence-electron chi connectivity index (χ0n) is 8.50. The van der Waals surface area contributed by atoms with Crippen LogP contribution in [0.25, 0.3) is 0 Å². The first-order valence-electron chi connectivity index (χ1n) is 4.37. The van der Waals surface area contributed by atoms with Gasteiger partial charge in [0.05, 0.1) is 11.3 Å². The van der Waals surface area contributed by atoms with Gasteiger partial charge in [-0.1, -0.05) is 0 Å². The maximum absolute atomic E-state index is 11.1. The van der Waals surface area contributed by atoms with E-state index in [4.69, 9.17) is 5.26 Å². The van der Waals surface area contributed by atoms with Gasteiger partial charge in [-0.3, -0.25) is 9.59 Å². The van der Waals surface area contributed by atoms with Gasteiger partial charge < -0.3 is 5.32 Å². The number of Topliss-reactive ketones (excluding diaryl/α,β-unsaturated/α-hetero) is 1. The van der Waals surface area contributed by atoms with Gasteiger partial charge in [0, 0.05) is 12.5 Å². The highest BCUT2D eigenvalue weighted by molar-refractivity contribution is 5.97. The van der Waals surface area contributed by atoms with Gasteiger partial charge in [-0.2, -0.15) is 5.26 Å². The lowest BCUT2D eigenvalue weighted by Crippen LogP contribution is -2.08. The number of amides is 1. The van der Waals surface area contributed by atoms with Crippen molar-refractivity contribution in [3.05, 3.63) is 29.3 Å². The summed E-state index contributed by atoms with van der Waals surface area (Å²) in [5, 5.41) is 11.3. The first-order chi connectivity index (χ1) is 7.04. The van der Waals surface area contributed by atoms with Crippen molar-refractivity contribution in [2.24, 2.45) is 0 Å². The molecule has 0 heterocycles. The van der Waals surface area contributed by atoms with E-state index in [2.05, 4.69) is 5.32 Å². The van der Waals surface area contributed by atoms with E-state index in [1.54, 1.807) is 6.07 Å². The number of ketones is 1. The minimum atomic E-state index is -0.271. The lowest BCUT2D eigenvalue weighted by Gasteiger charge is -2.05. The Morgan fingerprint density at radius 2 is 2.00 bits per heavy atom. The summed E-state index contributed by atoms with van der Waals surface area (Å²) in [6.07, 6.45) is 0. The van der Waals surface area contributed by atoms with Gasteiger partial charge in [0.15, 0.2) is 5.78 Å². The van der Waals surface area contributed by atoms with Crippen molar-refractivity contribution in [1.82, 2.24) is 0 Å². The summed E-state index contributed by atoms with van der Waals surface area (Å²) in [6.45, 7) is 2.78. The smallest absolute Gasteiger partial charge is 0.221 e. The summed E-state index contributed by atoms with van der Waals surface area (Å²) >= 11 is 0. The van der Waals surface area contributed by atoms with Gasteiger partial charge in [0.1, 0.15) is 6.07 Å². The Morgan fingerprint density at radius 1 is 1.33 bits per heavy atom. The van der Waals surface area contributed by atoms with Gasteiger partial charge in [-0.05, 0) is 25.1 Å². The summed E-state index contributed by atoms with van der Waals surface area (Å²) in [5.41, 5.74) is 1.19. The number of hydrogen-bond donors (Lipinski definition) is 1. The maximum atomic E-state index is 11.1. The van der Waals surface area contributed by atoms with Crippen LogP contribution in [0.15, 0.2) is 18.2 Å². The molecular formula is C11H10N2O2. The molecule has 1 aromatic carbocycles. The van der Waals surface area contributed by atoms with E-state index in [1.807, 2.05) is 6.07 Å². The number of carbonyl (C=O) groups excluding carboxylic acids is 2. The van der Waals surface area contributed by atoms with Crippen molar-refractivity contribution in [3.63, 3.8) is 0 Å². The van der Waals surface area contributed by atoms with Gasteiger partial charge in [0.25, 0.3) is 0 Å². The molecule has 0 aliphatic carbocycles. The molecule has 0 saturated heterocycles. The van der Waals surface area contributed by atoms with E-state index in [-0.39, 0.29) is 11.7 Å². The number of benzene rings is 1. The zero-order chi connectivity index (χ0) is 11.4. The third-order valence-electron chi connectivity index (χ3n) is 1.86. The highest BCUT2D eigenvalue weighted by atomic mass is 16.1. The number of rotatable bonds is 2. The third-order valence-corrected chi connectivity index (χ3v) is 1.86. The fourth-order valence-electron chi connectivity index (χ4n) is 1.15. The first kappa shape index (κ1) is 10.9. The molecular weight excluding hydrogens is 192 g/mol. The standard InChI is InChI=1S/C11H10N2O2/c1-7(14)9-3-4-10(6-12)11(5-9)13-8(2)15/h3-5H,1-2H3,(H,13,15). The lowest BCUT2D eigenvalue weighted by atomic mass is 10.1. The number of nitrogens with one attached hydrogen (secondary N) is 1. The van der Waals surface area contributed by atoms with Crippen molar-refractivity contribution in [3.8, 4) is 6.07 Å². The minimum absolute atomic E-state index is 0.105. The molecule has 0 bridgehead atoms. The molecule has 0 spiro atoms. The molecule has 15 heavy (non-hydrogen) atoms. The predicted molar refractivity (Wildman–Crippen MR) is 55.5 cm³/mol. The normalized spacial score (nSPS) is 9.13. The van der Waals surface area contributed by atoms with Crippen LogP contribution in [0.1, 0.15) is 29.8 Å². The molecule has 0 aliphatic rings. The summed E-state index contributed by atoms with van der Waals surface area (Å²) in [7, 11) is 0. The average Bonchev–Trinajstić information content (AvgIpc) is 2.16. The third kappa shape index (κ3) is 2.64. The van der Waals surface area contributed by atoms with E-state index in [9.17, 15) is 9.59 Å². The number of hydrogen-bond acceptors (Lipinski definition) is 3. The molecule has 1 rings (SSSR count). The van der Waals surface area contributed by atoms with Crippen LogP contribution in [0.4, 0.5) is 5.69 Å². The average molecular weight is 202 g/mol. The highest BCUT2D eigenvalue weighted by Gasteiger charge is 2.07. The molecule has 0 fully saturated rings. The second-order valence-electron chi connectivity index (χ2n) is 3.11. The summed E-state index contributed by atoms with van der Waals surface area (Å²) in [5.74, 6) is -0.377. The number of carbonyl (C=O) groups is 2. The summed E-state index contributed by atoms with van der Waals surface area (Å²) in [4.78, 5) is 21.9. The van der Waals surface area contributed by atoms with Crippen LogP contribution < -0.4 is 5.32 Å². The maximum Gasteiger partial charge on any atom is 0.221 e. The van der Waals surface area contributed by atoms with E-state index < -0.39 is 0 Å². The number of nitrogens with zero attached hydrogens (tertiary/aromatic N) is 1. The fraction of sp³-hybridized carbons (Fsp3) is 0.182. The molecule has 1 amide bonds. The molecule has 1 aromatic rings. The Hall–Kier alpha value is -2.15. The second-order valence-corrected chi connectivity index (χ2v) is 3.11. The molecule has 0 atom stereocenters. The fourth-order valence-corrected chi connectivity index (χ4v) is 1.15. The molecule has 0 saturated carbocycles. The van der Waals surface area contributed by atoms with E-state index in [0.29, 0.717) is 16.8 Å². The van der Waals surface area contributed by atoms with Crippen molar-refractivity contribution >= 4 is 17.4 Å². The Labute approximate surface area is 87.5 Å². The largest absolute Gasteiger partial charge is 0.325 e. The molecule has 0 aromatic heterocycles. The van der Waals surface area contributed by atoms with E-state index in [1.165, 1.54) is 26.0 Å². The number of nitriles is 1. The van der Waals surface area contributed by atoms with Gasteiger partial charge in [-0.25, -0.2) is 0 Å². The number of anilines is 1. The Bertz CT molecular complexity index is 458. The summed E-state index contributed by atoms with van der Waals surface area (Å²) in [6, 6.07) is 6.52. The molecule has 4 heteroatoms. The summed E-state index contributed by atoms with van der Waals surface area (Å²) < 4.78 is 0. The Morgan fingerprint density at radius 3 is 2.47 bits per heavy atom. The van der Waals surface area contributed by atoms with Crippen LogP contribution in [0.3, 0.4) is 0 Å². The quantitative estimate of drug-likeness (QED) is 0.742. The van der Waals surface area contributed by atoms with Crippen LogP contribution in [-0.2, 0) is 4.79 Å². The van der Waals surface area contributed by atoms with Crippen LogP contribution >= 0.6 is 0 Å². The van der Waals surface area contributed by atoms with Crippen LogP contribution in [0, 0.1) is 11.3 Å². The molecule has 0 aliphatic heterocycles. The first-order valence-corrected chi connectivity index (χ1v) is 4.37. The lowest BCUT2D eigenvalue weighted by molar-refractivity contribution is -0.114. The van der Waals surface area contributed by atoms with Crippen molar-refractivity contribution in [1.29, 1.82) is 5.26 Å². The Balaban J connectivity index is 3.20. The second kappa shape index (κ2) is 4.38. The van der Waals surface area contributed by atoms with Crippen LogP contribution in [0.2, 0.25) is 0 Å². The molecule has 1 N–H and O–H groups in total. The molecule has 0 unspecified atom stereocenters. The van der Waals surface area contributed by atoms with E-state index >= 15 is 0 Å². The van der Waals surface area contributed by atoms with Crippen LogP contribution in [0.5, 0.6) is 0 Å². The van der Waals surface area contributed by atoms with Crippen molar-refractivity contribution in [2.75, 3.05) is 5.32 Å². The monoisotopic (exact) mass is 202 g/mol. The van der Waals surface area contributed by atoms with Crippen molar-refractivity contribution in [2.45, 2.75) is 13.8 Å².